The fourth-order valence-electron chi connectivity index (χ4n) is 6.20. The van der Waals surface area contributed by atoms with Crippen molar-refractivity contribution in [3.63, 3.8) is 0 Å². The molecular formula is C28H43N3O4. The van der Waals surface area contributed by atoms with Crippen molar-refractivity contribution < 1.29 is 14.5 Å². The molecule has 35 heavy (non-hydrogen) atoms. The van der Waals surface area contributed by atoms with E-state index in [9.17, 15) is 19.7 Å². The molecule has 0 radical (unpaired) electrons. The van der Waals surface area contributed by atoms with Crippen molar-refractivity contribution in [2.75, 3.05) is 0 Å². The van der Waals surface area contributed by atoms with Crippen LogP contribution in [0, 0.1) is 32.8 Å². The van der Waals surface area contributed by atoms with Crippen molar-refractivity contribution in [1.29, 1.82) is 0 Å². The van der Waals surface area contributed by atoms with Crippen LogP contribution in [0.2, 0.25) is 0 Å². The van der Waals surface area contributed by atoms with Gasteiger partial charge in [0.15, 0.2) is 0 Å². The molecule has 2 N–H and O–H groups in total. The summed E-state index contributed by atoms with van der Waals surface area (Å²) in [5.41, 5.74) is 5.81. The van der Waals surface area contributed by atoms with Crippen LogP contribution >= 0.6 is 0 Å². The van der Waals surface area contributed by atoms with Crippen molar-refractivity contribution in [2.45, 2.75) is 105 Å². The first-order valence-electron chi connectivity index (χ1n) is 13.1. The third-order valence-corrected chi connectivity index (χ3v) is 8.52. The molecule has 0 bridgehead atoms. The second-order valence-electron chi connectivity index (χ2n) is 12.8. The predicted molar refractivity (Wildman–Crippen MR) is 138 cm³/mol. The average molecular weight is 486 g/mol. The molecule has 0 atom stereocenters. The molecule has 0 spiro atoms. The van der Waals surface area contributed by atoms with Gasteiger partial charge in [0.05, 0.1) is 4.92 Å². The van der Waals surface area contributed by atoms with Gasteiger partial charge in [0.25, 0.3) is 11.6 Å². The number of nitrogens with zero attached hydrogens (tertiary/aromatic N) is 2. The molecule has 2 aliphatic rings. The fourth-order valence-corrected chi connectivity index (χ4v) is 6.20. The van der Waals surface area contributed by atoms with Gasteiger partial charge in [-0.1, -0.05) is 41.5 Å². The van der Waals surface area contributed by atoms with Gasteiger partial charge in [-0.05, 0) is 80.1 Å². The normalized spacial score (nSPS) is 25.7. The van der Waals surface area contributed by atoms with E-state index in [1.54, 1.807) is 0 Å². The maximum absolute atomic E-state index is 14.0. The SMILES string of the molecule is CC(C)(C)C1CCC(N(C(=O)c2cc(C(N)=O)cc([N+](=O)[O-])c2)C2CCC(C(C)(C)C)CC2)CC1. The summed E-state index contributed by atoms with van der Waals surface area (Å²) in [6.45, 7) is 13.7. The van der Waals surface area contributed by atoms with Crippen LogP contribution in [0.25, 0.3) is 0 Å². The standard InChI is InChI=1S/C28H43N3O4/c1-27(2,3)20-7-11-22(12-8-20)30(23-13-9-21(10-14-23)28(4,5)6)26(33)19-15-18(25(29)32)16-24(17-19)31(34)35/h15-17,20-23H,7-14H2,1-6H3,(H2,29,32). The maximum Gasteiger partial charge on any atom is 0.271 e. The molecular weight excluding hydrogens is 442 g/mol. The molecule has 194 valence electrons. The molecule has 1 aromatic carbocycles. The average Bonchev–Trinajstić information content (AvgIpc) is 2.78. The second-order valence-corrected chi connectivity index (χ2v) is 12.8. The number of primary amides is 1. The minimum Gasteiger partial charge on any atom is -0.366 e. The van der Waals surface area contributed by atoms with E-state index in [4.69, 9.17) is 5.73 Å². The van der Waals surface area contributed by atoms with Crippen LogP contribution in [0.4, 0.5) is 5.69 Å². The van der Waals surface area contributed by atoms with Gasteiger partial charge in [-0.2, -0.15) is 0 Å². The quantitative estimate of drug-likeness (QED) is 0.387. The summed E-state index contributed by atoms with van der Waals surface area (Å²) >= 11 is 0. The van der Waals surface area contributed by atoms with Gasteiger partial charge >= 0.3 is 0 Å². The number of hydrogen-bond donors (Lipinski definition) is 1. The molecule has 0 aromatic heterocycles. The summed E-state index contributed by atoms with van der Waals surface area (Å²) in [4.78, 5) is 38.8. The summed E-state index contributed by atoms with van der Waals surface area (Å²) in [7, 11) is 0. The summed E-state index contributed by atoms with van der Waals surface area (Å²) in [5, 5.41) is 11.5. The Morgan fingerprint density at radius 3 is 1.54 bits per heavy atom. The van der Waals surface area contributed by atoms with E-state index in [1.165, 1.54) is 12.1 Å². The topological polar surface area (TPSA) is 107 Å². The molecule has 2 aliphatic carbocycles. The van der Waals surface area contributed by atoms with Crippen LogP contribution in [-0.2, 0) is 0 Å². The smallest absolute Gasteiger partial charge is 0.271 e. The van der Waals surface area contributed by atoms with Crippen molar-refractivity contribution in [3.8, 4) is 0 Å². The number of non-ortho nitro benzene ring substituents is 1. The number of benzene rings is 1. The van der Waals surface area contributed by atoms with Crippen molar-refractivity contribution >= 4 is 17.5 Å². The van der Waals surface area contributed by atoms with Gasteiger partial charge < -0.3 is 10.6 Å². The van der Waals surface area contributed by atoms with Gasteiger partial charge in [0.1, 0.15) is 0 Å². The molecule has 0 saturated heterocycles. The Kier molecular flexibility index (Phi) is 7.97. The van der Waals surface area contributed by atoms with Crippen molar-refractivity contribution in [3.05, 3.63) is 39.4 Å². The highest BCUT2D eigenvalue weighted by molar-refractivity contribution is 6.00. The molecule has 7 nitrogen and oxygen atoms in total. The highest BCUT2D eigenvalue weighted by Gasteiger charge is 2.40. The van der Waals surface area contributed by atoms with Gasteiger partial charge in [-0.15, -0.1) is 0 Å². The monoisotopic (exact) mass is 485 g/mol. The highest BCUT2D eigenvalue weighted by atomic mass is 16.6. The van der Waals surface area contributed by atoms with E-state index in [0.29, 0.717) is 11.8 Å². The van der Waals surface area contributed by atoms with Crippen molar-refractivity contribution in [2.24, 2.45) is 28.4 Å². The van der Waals surface area contributed by atoms with E-state index in [-0.39, 0.29) is 45.6 Å². The first kappa shape index (κ1) is 27.2. The van der Waals surface area contributed by atoms with E-state index < -0.39 is 10.8 Å². The minimum atomic E-state index is -0.773. The highest BCUT2D eigenvalue weighted by Crippen LogP contribution is 2.43. The van der Waals surface area contributed by atoms with Crippen molar-refractivity contribution in [1.82, 2.24) is 4.90 Å². The first-order valence-corrected chi connectivity index (χ1v) is 13.1. The lowest BCUT2D eigenvalue weighted by Crippen LogP contribution is -2.50. The number of carbonyl (C=O) groups excluding carboxylic acids is 2. The number of nitrogens with two attached hydrogens (primary N) is 1. The lowest BCUT2D eigenvalue weighted by molar-refractivity contribution is -0.384. The Morgan fingerprint density at radius 1 is 0.800 bits per heavy atom. The van der Waals surface area contributed by atoms with Gasteiger partial charge in [0, 0.05) is 35.3 Å². The number of hydrogen-bond acceptors (Lipinski definition) is 4. The van der Waals surface area contributed by atoms with Crippen LogP contribution in [0.3, 0.4) is 0 Å². The number of amides is 2. The fraction of sp³-hybridized carbons (Fsp3) is 0.714. The molecule has 1 aromatic rings. The summed E-state index contributed by atoms with van der Waals surface area (Å²) in [5.74, 6) is 0.249. The lowest BCUT2D eigenvalue weighted by Gasteiger charge is -2.47. The van der Waals surface area contributed by atoms with E-state index >= 15 is 0 Å². The molecule has 7 heteroatoms. The van der Waals surface area contributed by atoms with E-state index in [0.717, 1.165) is 57.4 Å². The lowest BCUT2D eigenvalue weighted by atomic mass is 9.69. The number of carbonyl (C=O) groups is 2. The molecule has 2 amide bonds. The third kappa shape index (κ3) is 6.42. The number of nitro groups is 1. The molecule has 2 saturated carbocycles. The van der Waals surface area contributed by atoms with Gasteiger partial charge in [-0.25, -0.2) is 0 Å². The Bertz CT molecular complexity index is 878. The largest absolute Gasteiger partial charge is 0.366 e. The van der Waals surface area contributed by atoms with Crippen LogP contribution in [0.15, 0.2) is 18.2 Å². The summed E-state index contributed by atoms with van der Waals surface area (Å²) < 4.78 is 0. The number of nitro benzene ring substituents is 1. The third-order valence-electron chi connectivity index (χ3n) is 8.52. The Hall–Kier alpha value is -2.44. The molecule has 0 heterocycles. The minimum absolute atomic E-state index is 0.00428. The zero-order valence-electron chi connectivity index (χ0n) is 22.3. The Labute approximate surface area is 210 Å². The predicted octanol–water partition coefficient (Wildman–Crippen LogP) is 6.35. The van der Waals surface area contributed by atoms with Crippen LogP contribution in [-0.4, -0.2) is 33.7 Å². The van der Waals surface area contributed by atoms with Gasteiger partial charge in [-0.3, -0.25) is 19.7 Å². The zero-order chi connectivity index (χ0) is 26.1. The van der Waals surface area contributed by atoms with Crippen LogP contribution in [0.5, 0.6) is 0 Å². The van der Waals surface area contributed by atoms with E-state index in [2.05, 4.69) is 41.5 Å². The molecule has 0 aliphatic heterocycles. The molecule has 0 unspecified atom stereocenters. The molecule has 2 fully saturated rings. The van der Waals surface area contributed by atoms with Crippen LogP contribution in [0.1, 0.15) is 114 Å². The second kappa shape index (κ2) is 10.3. The van der Waals surface area contributed by atoms with Gasteiger partial charge in [0.2, 0.25) is 5.91 Å². The van der Waals surface area contributed by atoms with Crippen LogP contribution < -0.4 is 5.73 Å². The summed E-state index contributed by atoms with van der Waals surface area (Å²) in [6.07, 6.45) is 8.00. The number of rotatable bonds is 5. The Balaban J connectivity index is 1.92. The first-order chi connectivity index (χ1) is 16.2. The summed E-state index contributed by atoms with van der Waals surface area (Å²) in [6, 6.07) is 4.07. The maximum atomic E-state index is 14.0. The molecule has 3 rings (SSSR count). The van der Waals surface area contributed by atoms with E-state index in [1.807, 2.05) is 4.90 Å². The zero-order valence-corrected chi connectivity index (χ0v) is 22.3. The Morgan fingerprint density at radius 2 is 1.20 bits per heavy atom.